The Kier molecular flexibility index (Phi) is 5.22. The number of ketones is 1. The standard InChI is InChI=1S/C30H44O4/c1-18-8-11-24(34-25(18)32)30(7,33)22-13-17-28(5)20-9-10-21-26(2,3)23(31)14-15-27(21,4)19(20)12-16-29(22,28)6/h8,12,20-22,24,33H,9-11,13-17H2,1-7H3. The summed E-state index contributed by atoms with van der Waals surface area (Å²) in [6, 6.07) is 0. The normalized spacial score (nSPS) is 47.4. The zero-order valence-corrected chi connectivity index (χ0v) is 22.3. The number of cyclic esters (lactones) is 1. The first-order chi connectivity index (χ1) is 15.7. The molecule has 0 radical (unpaired) electrons. The molecule has 3 fully saturated rings. The number of carbonyl (C=O) groups is 2. The number of aliphatic hydroxyl groups is 1. The molecule has 1 heterocycles. The van der Waals surface area contributed by atoms with Crippen molar-refractivity contribution >= 4 is 11.8 Å². The molecule has 1 aliphatic heterocycles. The molecular weight excluding hydrogens is 424 g/mol. The monoisotopic (exact) mass is 468 g/mol. The van der Waals surface area contributed by atoms with Gasteiger partial charge in [0.15, 0.2) is 0 Å². The van der Waals surface area contributed by atoms with Crippen LogP contribution in [-0.4, -0.2) is 28.6 Å². The molecule has 4 aliphatic carbocycles. The van der Waals surface area contributed by atoms with Gasteiger partial charge in [0.05, 0.1) is 0 Å². The Balaban J connectivity index is 1.50. The number of allylic oxidation sites excluding steroid dienone is 2. The lowest BCUT2D eigenvalue weighted by molar-refractivity contribution is -0.181. The van der Waals surface area contributed by atoms with Crippen molar-refractivity contribution in [3.63, 3.8) is 0 Å². The maximum atomic E-state index is 12.8. The molecule has 0 aromatic rings. The van der Waals surface area contributed by atoms with E-state index in [4.69, 9.17) is 4.74 Å². The second kappa shape index (κ2) is 7.31. The van der Waals surface area contributed by atoms with Crippen LogP contribution in [0.3, 0.4) is 0 Å². The van der Waals surface area contributed by atoms with Crippen LogP contribution in [0.25, 0.3) is 0 Å². The molecule has 5 aliphatic rings. The first-order valence-corrected chi connectivity index (χ1v) is 13.5. The van der Waals surface area contributed by atoms with Crippen LogP contribution in [0, 0.1) is 39.4 Å². The Bertz CT molecular complexity index is 986. The maximum Gasteiger partial charge on any atom is 0.333 e. The minimum Gasteiger partial charge on any atom is -0.456 e. The minimum atomic E-state index is -1.06. The lowest BCUT2D eigenvalue weighted by atomic mass is 9.41. The number of rotatable bonds is 2. The summed E-state index contributed by atoms with van der Waals surface area (Å²) in [7, 11) is 0. The minimum absolute atomic E-state index is 0.0590. The fourth-order valence-electron chi connectivity index (χ4n) is 9.68. The quantitative estimate of drug-likeness (QED) is 0.389. The summed E-state index contributed by atoms with van der Waals surface area (Å²) < 4.78 is 5.76. The molecule has 0 aromatic heterocycles. The smallest absolute Gasteiger partial charge is 0.333 e. The topological polar surface area (TPSA) is 63.6 Å². The van der Waals surface area contributed by atoms with Crippen molar-refractivity contribution in [2.75, 3.05) is 0 Å². The van der Waals surface area contributed by atoms with Crippen LogP contribution >= 0.6 is 0 Å². The van der Waals surface area contributed by atoms with Crippen LogP contribution in [0.4, 0.5) is 0 Å². The third kappa shape index (κ3) is 2.93. The highest BCUT2D eigenvalue weighted by Gasteiger charge is 2.67. The van der Waals surface area contributed by atoms with Crippen molar-refractivity contribution in [3.8, 4) is 0 Å². The molecule has 0 spiro atoms. The van der Waals surface area contributed by atoms with Gasteiger partial charge in [-0.2, -0.15) is 0 Å². The van der Waals surface area contributed by atoms with Crippen LogP contribution in [-0.2, 0) is 14.3 Å². The second-order valence-corrected chi connectivity index (χ2v) is 13.8. The molecule has 0 saturated heterocycles. The summed E-state index contributed by atoms with van der Waals surface area (Å²) in [4.78, 5) is 25.1. The van der Waals surface area contributed by atoms with Crippen molar-refractivity contribution in [1.29, 1.82) is 0 Å². The summed E-state index contributed by atoms with van der Waals surface area (Å²) in [5, 5.41) is 11.9. The number of hydrogen-bond donors (Lipinski definition) is 1. The number of carbonyl (C=O) groups excluding carboxylic acids is 2. The SMILES string of the molecule is CC1=CCC(C(C)(O)C2CCC3(C)C4CCC5C(C)(C)C(=O)CCC5(C)C4=CCC23C)OC1=O. The zero-order valence-electron chi connectivity index (χ0n) is 22.3. The van der Waals surface area contributed by atoms with E-state index in [0.717, 1.165) is 38.5 Å². The predicted molar refractivity (Wildman–Crippen MR) is 133 cm³/mol. The molecule has 34 heavy (non-hydrogen) atoms. The van der Waals surface area contributed by atoms with Crippen LogP contribution in [0.15, 0.2) is 23.3 Å². The van der Waals surface area contributed by atoms with Crippen LogP contribution < -0.4 is 0 Å². The Morgan fingerprint density at radius 2 is 1.71 bits per heavy atom. The van der Waals surface area contributed by atoms with E-state index in [1.54, 1.807) is 12.5 Å². The number of Topliss-reactive ketones (excluding diaryl/α,β-unsaturated/α-hetero) is 1. The fourth-order valence-corrected chi connectivity index (χ4v) is 9.68. The van der Waals surface area contributed by atoms with Crippen LogP contribution in [0.5, 0.6) is 0 Å². The average Bonchev–Trinajstić information content (AvgIpc) is 3.05. The van der Waals surface area contributed by atoms with Gasteiger partial charge in [0, 0.05) is 23.8 Å². The van der Waals surface area contributed by atoms with Gasteiger partial charge in [-0.15, -0.1) is 0 Å². The molecule has 0 amide bonds. The molecule has 4 nitrogen and oxygen atoms in total. The number of fused-ring (bicyclic) bond motifs is 5. The van der Waals surface area contributed by atoms with E-state index < -0.39 is 11.7 Å². The van der Waals surface area contributed by atoms with Gasteiger partial charge < -0.3 is 9.84 Å². The Hall–Kier alpha value is -1.42. The fraction of sp³-hybridized carbons (Fsp3) is 0.800. The van der Waals surface area contributed by atoms with Crippen molar-refractivity contribution < 1.29 is 19.4 Å². The van der Waals surface area contributed by atoms with Gasteiger partial charge in [0.2, 0.25) is 0 Å². The van der Waals surface area contributed by atoms with Crippen LogP contribution in [0.1, 0.15) is 99.8 Å². The molecule has 5 rings (SSSR count). The van der Waals surface area contributed by atoms with E-state index in [9.17, 15) is 14.7 Å². The molecular formula is C30H44O4. The molecule has 0 aromatic carbocycles. The van der Waals surface area contributed by atoms with E-state index in [2.05, 4.69) is 40.7 Å². The van der Waals surface area contributed by atoms with Gasteiger partial charge >= 0.3 is 5.97 Å². The Labute approximate surface area is 205 Å². The molecule has 188 valence electrons. The van der Waals surface area contributed by atoms with Crippen molar-refractivity contribution in [1.82, 2.24) is 0 Å². The third-order valence-corrected chi connectivity index (χ3v) is 12.1. The average molecular weight is 469 g/mol. The summed E-state index contributed by atoms with van der Waals surface area (Å²) in [6.07, 6.45) is 11.4. The first kappa shape index (κ1) is 24.3. The van der Waals surface area contributed by atoms with Crippen molar-refractivity contribution in [2.24, 2.45) is 39.4 Å². The Morgan fingerprint density at radius 1 is 1.00 bits per heavy atom. The van der Waals surface area contributed by atoms with Gasteiger partial charge in [0.25, 0.3) is 0 Å². The van der Waals surface area contributed by atoms with E-state index in [0.29, 0.717) is 36.0 Å². The second-order valence-electron chi connectivity index (χ2n) is 13.8. The van der Waals surface area contributed by atoms with E-state index in [1.165, 1.54) is 0 Å². The van der Waals surface area contributed by atoms with Gasteiger partial charge in [-0.3, -0.25) is 4.79 Å². The third-order valence-electron chi connectivity index (χ3n) is 12.1. The number of esters is 1. The molecule has 4 heteroatoms. The van der Waals surface area contributed by atoms with E-state index in [1.807, 2.05) is 13.0 Å². The lowest BCUT2D eigenvalue weighted by Gasteiger charge is -2.63. The molecule has 1 N–H and O–H groups in total. The largest absolute Gasteiger partial charge is 0.456 e. The van der Waals surface area contributed by atoms with Gasteiger partial charge in [0.1, 0.15) is 17.5 Å². The van der Waals surface area contributed by atoms with Crippen molar-refractivity contribution in [2.45, 2.75) is 112 Å². The van der Waals surface area contributed by atoms with E-state index in [-0.39, 0.29) is 33.5 Å². The highest BCUT2D eigenvalue weighted by molar-refractivity contribution is 5.88. The summed E-state index contributed by atoms with van der Waals surface area (Å²) >= 11 is 0. The summed E-state index contributed by atoms with van der Waals surface area (Å²) in [5.41, 5.74) is 1.05. The predicted octanol–water partition coefficient (Wildman–Crippen LogP) is 6.17. The van der Waals surface area contributed by atoms with Gasteiger partial charge in [-0.25, -0.2) is 4.79 Å². The molecule has 0 bridgehead atoms. The van der Waals surface area contributed by atoms with Crippen LogP contribution in [0.2, 0.25) is 0 Å². The lowest BCUT2D eigenvalue weighted by Crippen LogP contribution is -2.59. The number of ether oxygens (including phenoxy) is 1. The molecule has 8 atom stereocenters. The maximum absolute atomic E-state index is 12.8. The summed E-state index contributed by atoms with van der Waals surface area (Å²) in [6.45, 7) is 15.4. The molecule has 8 unspecified atom stereocenters. The zero-order chi connectivity index (χ0) is 24.9. The van der Waals surface area contributed by atoms with Gasteiger partial charge in [-0.05, 0) is 86.4 Å². The summed E-state index contributed by atoms with van der Waals surface area (Å²) in [5.74, 6) is 1.11. The van der Waals surface area contributed by atoms with E-state index >= 15 is 0 Å². The Morgan fingerprint density at radius 3 is 2.38 bits per heavy atom. The number of hydrogen-bond acceptors (Lipinski definition) is 4. The first-order valence-electron chi connectivity index (χ1n) is 13.5. The molecule has 3 saturated carbocycles. The van der Waals surface area contributed by atoms with Crippen molar-refractivity contribution in [3.05, 3.63) is 23.3 Å². The highest BCUT2D eigenvalue weighted by Crippen LogP contribution is 2.73. The highest BCUT2D eigenvalue weighted by atomic mass is 16.6. The van der Waals surface area contributed by atoms with Gasteiger partial charge in [-0.1, -0.05) is 52.3 Å².